The summed E-state index contributed by atoms with van der Waals surface area (Å²) >= 11 is 0. The molecule has 0 amide bonds. The van der Waals surface area contributed by atoms with E-state index in [0.29, 0.717) is 12.6 Å². The van der Waals surface area contributed by atoms with Crippen molar-refractivity contribution in [1.82, 2.24) is 5.32 Å². The summed E-state index contributed by atoms with van der Waals surface area (Å²) in [6.45, 7) is 6.32. The molecule has 0 saturated heterocycles. The Morgan fingerprint density at radius 3 is 2.85 bits per heavy atom. The van der Waals surface area contributed by atoms with Crippen LogP contribution in [0.4, 0.5) is 0 Å². The van der Waals surface area contributed by atoms with Crippen LogP contribution in [0.5, 0.6) is 11.5 Å². The average Bonchev–Trinajstić information content (AvgIpc) is 3.28. The van der Waals surface area contributed by atoms with Crippen LogP contribution in [0.3, 0.4) is 0 Å². The van der Waals surface area contributed by atoms with Crippen LogP contribution in [0.1, 0.15) is 38.7 Å². The summed E-state index contributed by atoms with van der Waals surface area (Å²) in [6, 6.07) is 6.84. The van der Waals surface area contributed by atoms with E-state index in [-0.39, 0.29) is 0 Å². The smallest absolute Gasteiger partial charge is 0.127 e. The number of hydrogen-bond acceptors (Lipinski definition) is 3. The van der Waals surface area contributed by atoms with Crippen molar-refractivity contribution in [1.29, 1.82) is 0 Å². The highest BCUT2D eigenvalue weighted by Gasteiger charge is 2.20. The Balaban J connectivity index is 2.01. The first-order chi connectivity index (χ1) is 9.83. The van der Waals surface area contributed by atoms with Crippen LogP contribution in [-0.4, -0.2) is 19.3 Å². The van der Waals surface area contributed by atoms with Gasteiger partial charge in [-0.1, -0.05) is 25.1 Å². The maximum atomic E-state index is 5.84. The van der Waals surface area contributed by atoms with Crippen molar-refractivity contribution < 1.29 is 9.47 Å². The normalized spacial score (nSPS) is 14.7. The molecule has 0 spiro atoms. The van der Waals surface area contributed by atoms with Gasteiger partial charge in [0, 0.05) is 24.2 Å². The summed E-state index contributed by atoms with van der Waals surface area (Å²) in [4.78, 5) is 0. The van der Waals surface area contributed by atoms with Gasteiger partial charge in [-0.15, -0.1) is 0 Å². The summed E-state index contributed by atoms with van der Waals surface area (Å²) in [7, 11) is 0. The molecule has 1 N–H and O–H groups in total. The van der Waals surface area contributed by atoms with E-state index < -0.39 is 0 Å². The first kappa shape index (κ1) is 14.9. The third-order valence-corrected chi connectivity index (χ3v) is 3.24. The van der Waals surface area contributed by atoms with E-state index in [1.807, 2.05) is 31.2 Å². The highest BCUT2D eigenvalue weighted by molar-refractivity contribution is 5.41. The fourth-order valence-electron chi connectivity index (χ4n) is 1.90. The number of ether oxygens (including phenoxy) is 2. The Kier molecular flexibility index (Phi) is 5.93. The lowest BCUT2D eigenvalue weighted by Gasteiger charge is -2.13. The Hall–Kier alpha value is -1.48. The van der Waals surface area contributed by atoms with Crippen LogP contribution in [0.15, 0.2) is 30.4 Å². The molecule has 1 aromatic rings. The zero-order chi connectivity index (χ0) is 14.2. The van der Waals surface area contributed by atoms with Gasteiger partial charge in [-0.05, 0) is 32.3 Å². The van der Waals surface area contributed by atoms with Gasteiger partial charge in [0.15, 0.2) is 0 Å². The molecule has 2 rings (SSSR count). The molecule has 0 bridgehead atoms. The summed E-state index contributed by atoms with van der Waals surface area (Å²) in [5.74, 6) is 1.81. The van der Waals surface area contributed by atoms with Crippen molar-refractivity contribution >= 4 is 0 Å². The number of benzene rings is 1. The number of hydrogen-bond donors (Lipinski definition) is 1. The molecular weight excluding hydrogens is 250 g/mol. The molecule has 0 heterocycles. The summed E-state index contributed by atoms with van der Waals surface area (Å²) in [5, 5.41) is 3.53. The molecular formula is C17H25NO2. The van der Waals surface area contributed by atoms with Crippen LogP contribution in [0.2, 0.25) is 0 Å². The van der Waals surface area contributed by atoms with Gasteiger partial charge >= 0.3 is 0 Å². The topological polar surface area (TPSA) is 30.5 Å². The van der Waals surface area contributed by atoms with E-state index in [1.54, 1.807) is 0 Å². The van der Waals surface area contributed by atoms with Crippen LogP contribution in [0, 0.1) is 0 Å². The van der Waals surface area contributed by atoms with Gasteiger partial charge in [0.25, 0.3) is 0 Å². The van der Waals surface area contributed by atoms with Crippen LogP contribution >= 0.6 is 0 Å². The minimum absolute atomic E-state index is 0.601. The first-order valence-electron chi connectivity index (χ1n) is 7.56. The van der Waals surface area contributed by atoms with E-state index in [2.05, 4.69) is 18.3 Å². The molecule has 0 atom stereocenters. The van der Waals surface area contributed by atoms with Gasteiger partial charge in [-0.2, -0.15) is 0 Å². The van der Waals surface area contributed by atoms with Crippen molar-refractivity contribution in [2.75, 3.05) is 13.2 Å². The lowest BCUT2D eigenvalue weighted by molar-refractivity contribution is 0.311. The average molecular weight is 275 g/mol. The zero-order valence-electron chi connectivity index (χ0n) is 12.5. The molecule has 1 saturated carbocycles. The molecule has 1 aromatic carbocycles. The third kappa shape index (κ3) is 4.89. The second kappa shape index (κ2) is 7.95. The van der Waals surface area contributed by atoms with E-state index >= 15 is 0 Å². The Morgan fingerprint density at radius 1 is 1.30 bits per heavy atom. The predicted molar refractivity (Wildman–Crippen MR) is 82.4 cm³/mol. The van der Waals surface area contributed by atoms with Crippen molar-refractivity contribution in [3.63, 3.8) is 0 Å². The molecule has 20 heavy (non-hydrogen) atoms. The number of rotatable bonds is 9. The van der Waals surface area contributed by atoms with Gasteiger partial charge < -0.3 is 14.8 Å². The fourth-order valence-corrected chi connectivity index (χ4v) is 1.90. The van der Waals surface area contributed by atoms with Gasteiger partial charge in [0.05, 0.1) is 6.61 Å². The van der Waals surface area contributed by atoms with Gasteiger partial charge in [0.1, 0.15) is 18.1 Å². The second-order valence-electron chi connectivity index (χ2n) is 5.15. The first-order valence-corrected chi connectivity index (χ1v) is 7.56. The SMILES string of the molecule is C/C=C/COc1cc(OCCC)ccc1CNC1CC1. The van der Waals surface area contributed by atoms with Gasteiger partial charge in [-0.25, -0.2) is 0 Å². The van der Waals surface area contributed by atoms with E-state index in [0.717, 1.165) is 31.1 Å². The lowest BCUT2D eigenvalue weighted by atomic mass is 10.2. The second-order valence-corrected chi connectivity index (χ2v) is 5.15. The monoisotopic (exact) mass is 275 g/mol. The van der Waals surface area contributed by atoms with Crippen molar-refractivity contribution in [3.05, 3.63) is 35.9 Å². The fraction of sp³-hybridized carbons (Fsp3) is 0.529. The molecule has 0 radical (unpaired) electrons. The predicted octanol–water partition coefficient (Wildman–Crippen LogP) is 3.68. The minimum Gasteiger partial charge on any atom is -0.493 e. The van der Waals surface area contributed by atoms with Crippen LogP contribution in [0.25, 0.3) is 0 Å². The molecule has 1 fully saturated rings. The summed E-state index contributed by atoms with van der Waals surface area (Å²) in [5.41, 5.74) is 1.20. The van der Waals surface area contributed by atoms with E-state index in [1.165, 1.54) is 18.4 Å². The lowest BCUT2D eigenvalue weighted by Crippen LogP contribution is -2.16. The zero-order valence-corrected chi connectivity index (χ0v) is 12.5. The molecule has 1 aliphatic carbocycles. The quantitative estimate of drug-likeness (QED) is 0.697. The van der Waals surface area contributed by atoms with Crippen molar-refractivity contribution in [2.24, 2.45) is 0 Å². The van der Waals surface area contributed by atoms with Gasteiger partial charge in [0.2, 0.25) is 0 Å². The van der Waals surface area contributed by atoms with Crippen molar-refractivity contribution in [2.45, 2.75) is 45.7 Å². The maximum absolute atomic E-state index is 5.84. The highest BCUT2D eigenvalue weighted by atomic mass is 16.5. The number of allylic oxidation sites excluding steroid dienone is 1. The Labute approximate surface area is 122 Å². The molecule has 1 aliphatic rings. The third-order valence-electron chi connectivity index (χ3n) is 3.24. The molecule has 3 heteroatoms. The number of nitrogens with one attached hydrogen (secondary N) is 1. The minimum atomic E-state index is 0.601. The van der Waals surface area contributed by atoms with E-state index in [9.17, 15) is 0 Å². The Bertz CT molecular complexity index is 439. The van der Waals surface area contributed by atoms with E-state index in [4.69, 9.17) is 9.47 Å². The van der Waals surface area contributed by atoms with Crippen LogP contribution in [-0.2, 0) is 6.54 Å². The van der Waals surface area contributed by atoms with Crippen LogP contribution < -0.4 is 14.8 Å². The van der Waals surface area contributed by atoms with Gasteiger partial charge in [-0.3, -0.25) is 0 Å². The maximum Gasteiger partial charge on any atom is 0.127 e. The summed E-state index contributed by atoms with van der Waals surface area (Å²) in [6.07, 6.45) is 7.62. The molecule has 0 aliphatic heterocycles. The summed E-state index contributed by atoms with van der Waals surface area (Å²) < 4.78 is 11.5. The molecule has 0 aromatic heterocycles. The molecule has 0 unspecified atom stereocenters. The van der Waals surface area contributed by atoms with Crippen molar-refractivity contribution in [3.8, 4) is 11.5 Å². The molecule has 110 valence electrons. The largest absolute Gasteiger partial charge is 0.493 e. The standard InChI is InChI=1S/C17H25NO2/c1-3-5-11-20-17-12-16(19-10-4-2)9-6-14(17)13-18-15-7-8-15/h3,5-6,9,12,15,18H,4,7-8,10-11,13H2,1-2H3/b5-3+. The Morgan fingerprint density at radius 2 is 2.15 bits per heavy atom. The highest BCUT2D eigenvalue weighted by Crippen LogP contribution is 2.27. The molecule has 3 nitrogen and oxygen atoms in total.